The number of nitrogens with zero attached hydrogens (tertiary/aromatic N) is 6. The Morgan fingerprint density at radius 3 is 2.78 bits per heavy atom. The minimum Gasteiger partial charge on any atom is -0.454 e. The molecule has 10 nitrogen and oxygen atoms in total. The molecule has 2 aliphatic rings. The van der Waals surface area contributed by atoms with Crippen molar-refractivity contribution in [2.24, 2.45) is 0 Å². The minimum absolute atomic E-state index is 0.00550. The van der Waals surface area contributed by atoms with Gasteiger partial charge < -0.3 is 15.2 Å². The molecule has 1 saturated carbocycles. The fourth-order valence-electron chi connectivity index (χ4n) is 5.06. The highest BCUT2D eigenvalue weighted by atomic mass is 19.1. The van der Waals surface area contributed by atoms with E-state index in [4.69, 9.17) is 25.3 Å². The van der Waals surface area contributed by atoms with Crippen LogP contribution in [0.3, 0.4) is 0 Å². The maximum Gasteiger partial charge on any atom is 0.264 e. The van der Waals surface area contributed by atoms with Crippen LogP contribution in [0.2, 0.25) is 0 Å². The molecule has 7 rings (SSSR count). The Morgan fingerprint density at radius 2 is 1.97 bits per heavy atom. The number of nitrogen functional groups attached to an aromatic ring is 1. The molecule has 3 aromatic heterocycles. The molecule has 2 N–H and O–H groups in total. The van der Waals surface area contributed by atoms with Crippen LogP contribution in [-0.2, 0) is 0 Å². The van der Waals surface area contributed by atoms with Crippen LogP contribution in [0.5, 0.6) is 11.5 Å². The maximum absolute atomic E-state index is 14.7. The van der Waals surface area contributed by atoms with Gasteiger partial charge in [-0.15, -0.1) is 0 Å². The lowest BCUT2D eigenvalue weighted by atomic mass is 10.1. The number of fused-ring (bicyclic) bond motifs is 3. The van der Waals surface area contributed by atoms with Gasteiger partial charge in [-0.25, -0.2) is 24.0 Å². The lowest BCUT2D eigenvalue weighted by Gasteiger charge is -2.21. The Hall–Kier alpha value is -4.54. The van der Waals surface area contributed by atoms with Crippen molar-refractivity contribution >= 4 is 27.8 Å². The molecular formula is C26H22FN7O3. The summed E-state index contributed by atoms with van der Waals surface area (Å²) in [5.41, 5.74) is 8.13. The maximum atomic E-state index is 14.7. The second-order valence-corrected chi connectivity index (χ2v) is 9.25. The van der Waals surface area contributed by atoms with Crippen LogP contribution in [-0.4, -0.2) is 36.1 Å². The molecule has 11 heteroatoms. The molecule has 0 amide bonds. The van der Waals surface area contributed by atoms with Crippen molar-refractivity contribution in [1.82, 2.24) is 29.3 Å². The monoisotopic (exact) mass is 499 g/mol. The zero-order valence-electron chi connectivity index (χ0n) is 19.9. The van der Waals surface area contributed by atoms with Crippen molar-refractivity contribution in [3.8, 4) is 22.8 Å². The minimum atomic E-state index is -0.570. The van der Waals surface area contributed by atoms with Crippen LogP contribution in [0.15, 0.2) is 47.5 Å². The highest BCUT2D eigenvalue weighted by Gasteiger charge is 2.33. The summed E-state index contributed by atoms with van der Waals surface area (Å²) >= 11 is 0. The molecule has 0 radical (unpaired) electrons. The third-order valence-electron chi connectivity index (χ3n) is 6.96. The Labute approximate surface area is 209 Å². The first-order chi connectivity index (χ1) is 18.0. The lowest BCUT2D eigenvalue weighted by Crippen LogP contribution is -2.29. The van der Waals surface area contributed by atoms with Gasteiger partial charge in [0.15, 0.2) is 17.1 Å². The quantitative estimate of drug-likeness (QED) is 0.385. The van der Waals surface area contributed by atoms with Crippen LogP contribution in [0, 0.1) is 5.82 Å². The van der Waals surface area contributed by atoms with E-state index in [0.717, 1.165) is 18.4 Å². The van der Waals surface area contributed by atoms with Crippen molar-refractivity contribution in [2.45, 2.75) is 38.3 Å². The van der Waals surface area contributed by atoms with E-state index in [9.17, 15) is 9.18 Å². The molecule has 5 aromatic rings. The molecule has 0 spiro atoms. The number of rotatable bonds is 5. The SMILES string of the molecule is CCC(c1nc2cccc(F)c2c(=O)n1C1CC1)n1nc(-c2ccc3c(c2)OCO3)c2c(N)ncnc21. The Morgan fingerprint density at radius 1 is 1.14 bits per heavy atom. The van der Waals surface area contributed by atoms with Gasteiger partial charge in [0.05, 0.1) is 10.9 Å². The molecule has 4 heterocycles. The highest BCUT2D eigenvalue weighted by Crippen LogP contribution is 2.41. The van der Waals surface area contributed by atoms with E-state index in [1.54, 1.807) is 21.4 Å². The molecule has 37 heavy (non-hydrogen) atoms. The Bertz CT molecular complexity index is 1780. The molecule has 1 aliphatic heterocycles. The summed E-state index contributed by atoms with van der Waals surface area (Å²) in [5, 5.41) is 5.55. The standard InChI is InChI=1S/C26H22FN7O3/c1-2-17(24-31-16-5-3-4-15(27)20(16)26(35)33(24)14-7-8-14)34-25-21(23(28)29-11-30-25)22(32-34)13-6-9-18-19(10-13)37-12-36-18/h3-6,9-11,14,17H,2,7-8,12H2,1H3,(H2,28,29,30). The Kier molecular flexibility index (Phi) is 4.69. The zero-order valence-corrected chi connectivity index (χ0v) is 19.9. The van der Waals surface area contributed by atoms with Crippen molar-refractivity contribution in [1.29, 1.82) is 0 Å². The van der Waals surface area contributed by atoms with Gasteiger partial charge in [-0.05, 0) is 49.6 Å². The first-order valence-corrected chi connectivity index (χ1v) is 12.1. The summed E-state index contributed by atoms with van der Waals surface area (Å²) in [6, 6.07) is 9.58. The fourth-order valence-corrected chi connectivity index (χ4v) is 5.06. The van der Waals surface area contributed by atoms with E-state index in [1.807, 2.05) is 25.1 Å². The van der Waals surface area contributed by atoms with Crippen molar-refractivity contribution in [3.63, 3.8) is 0 Å². The average Bonchev–Trinajstić information content (AvgIpc) is 3.48. The number of aromatic nitrogens is 6. The molecule has 186 valence electrons. The summed E-state index contributed by atoms with van der Waals surface area (Å²) in [7, 11) is 0. The third kappa shape index (κ3) is 3.26. The van der Waals surface area contributed by atoms with Crippen LogP contribution in [0.25, 0.3) is 33.2 Å². The van der Waals surface area contributed by atoms with E-state index in [0.29, 0.717) is 46.0 Å². The number of ether oxygens (including phenoxy) is 2. The van der Waals surface area contributed by atoms with E-state index in [-0.39, 0.29) is 29.6 Å². The number of anilines is 1. The second kappa shape index (κ2) is 7.99. The first-order valence-electron chi connectivity index (χ1n) is 12.1. The summed E-state index contributed by atoms with van der Waals surface area (Å²) in [6.07, 6.45) is 3.62. The predicted molar refractivity (Wildman–Crippen MR) is 134 cm³/mol. The largest absolute Gasteiger partial charge is 0.454 e. The molecule has 0 saturated heterocycles. The van der Waals surface area contributed by atoms with Crippen LogP contribution in [0.4, 0.5) is 10.2 Å². The smallest absolute Gasteiger partial charge is 0.264 e. The van der Waals surface area contributed by atoms with E-state index in [1.165, 1.54) is 12.4 Å². The number of hydrogen-bond donors (Lipinski definition) is 1. The van der Waals surface area contributed by atoms with Crippen molar-refractivity contribution < 1.29 is 13.9 Å². The van der Waals surface area contributed by atoms with Crippen molar-refractivity contribution in [2.75, 3.05) is 12.5 Å². The predicted octanol–water partition coefficient (Wildman–Crippen LogP) is 3.99. The van der Waals surface area contributed by atoms with Crippen LogP contribution in [0.1, 0.15) is 44.1 Å². The molecule has 1 unspecified atom stereocenters. The van der Waals surface area contributed by atoms with Gasteiger partial charge in [0.2, 0.25) is 6.79 Å². The first kappa shape index (κ1) is 21.7. The zero-order chi connectivity index (χ0) is 25.3. The highest BCUT2D eigenvalue weighted by molar-refractivity contribution is 5.98. The lowest BCUT2D eigenvalue weighted by molar-refractivity contribution is 0.174. The van der Waals surface area contributed by atoms with Gasteiger partial charge in [-0.3, -0.25) is 9.36 Å². The average molecular weight is 500 g/mol. The summed E-state index contributed by atoms with van der Waals surface area (Å²) < 4.78 is 29.1. The third-order valence-corrected chi connectivity index (χ3v) is 6.96. The summed E-state index contributed by atoms with van der Waals surface area (Å²) in [5.74, 6) is 1.51. The number of halogens is 1. The van der Waals surface area contributed by atoms with Gasteiger partial charge in [0, 0.05) is 11.6 Å². The van der Waals surface area contributed by atoms with E-state index < -0.39 is 11.9 Å². The van der Waals surface area contributed by atoms with Gasteiger partial charge in [0.25, 0.3) is 5.56 Å². The van der Waals surface area contributed by atoms with Gasteiger partial charge in [-0.2, -0.15) is 5.10 Å². The van der Waals surface area contributed by atoms with E-state index >= 15 is 0 Å². The normalized spacial score (nSPS) is 15.5. The number of benzene rings is 2. The molecule has 1 aliphatic carbocycles. The molecule has 1 atom stereocenters. The van der Waals surface area contributed by atoms with Gasteiger partial charge in [0.1, 0.15) is 40.9 Å². The molecule has 0 bridgehead atoms. The summed E-state index contributed by atoms with van der Waals surface area (Å²) in [6.45, 7) is 2.15. The van der Waals surface area contributed by atoms with Gasteiger partial charge >= 0.3 is 0 Å². The Balaban J connectivity index is 1.48. The van der Waals surface area contributed by atoms with Crippen LogP contribution >= 0.6 is 0 Å². The van der Waals surface area contributed by atoms with Crippen LogP contribution < -0.4 is 20.8 Å². The topological polar surface area (TPSA) is 123 Å². The number of nitrogens with two attached hydrogens (primary N) is 1. The van der Waals surface area contributed by atoms with Crippen molar-refractivity contribution in [3.05, 3.63) is 64.7 Å². The molecule has 1 fully saturated rings. The fraction of sp³-hybridized carbons (Fsp3) is 0.269. The van der Waals surface area contributed by atoms with E-state index in [2.05, 4.69) is 9.97 Å². The molecular weight excluding hydrogens is 477 g/mol. The summed E-state index contributed by atoms with van der Waals surface area (Å²) in [4.78, 5) is 27.1. The second-order valence-electron chi connectivity index (χ2n) is 9.25. The number of hydrogen-bond acceptors (Lipinski definition) is 8. The molecule has 2 aromatic carbocycles. The van der Waals surface area contributed by atoms with Gasteiger partial charge in [-0.1, -0.05) is 13.0 Å².